The molecule has 1 aromatic carbocycles. The zero-order chi connectivity index (χ0) is 13.9. The van der Waals surface area contributed by atoms with E-state index >= 15 is 0 Å². The lowest BCUT2D eigenvalue weighted by Gasteiger charge is -2.32. The van der Waals surface area contributed by atoms with Crippen LogP contribution in [-0.4, -0.2) is 44.8 Å². The third kappa shape index (κ3) is 2.64. The Labute approximate surface area is 119 Å². The average Bonchev–Trinajstić information content (AvgIpc) is 2.51. The number of carbonyl (C=O) groups excluding carboxylic acids is 1. The second-order valence-corrected chi connectivity index (χ2v) is 5.35. The Morgan fingerprint density at radius 3 is 2.40 bits per heavy atom. The lowest BCUT2D eigenvalue weighted by atomic mass is 10.0. The number of rotatable bonds is 2. The van der Waals surface area contributed by atoms with Crippen molar-refractivity contribution < 1.29 is 9.53 Å². The van der Waals surface area contributed by atoms with Crippen LogP contribution in [0.1, 0.15) is 12.8 Å². The summed E-state index contributed by atoms with van der Waals surface area (Å²) in [6.45, 7) is 4.17. The molecule has 2 saturated heterocycles. The summed E-state index contributed by atoms with van der Waals surface area (Å²) in [5, 5.41) is 0. The Bertz CT molecular complexity index is 469. The monoisotopic (exact) mass is 275 g/mol. The predicted molar refractivity (Wildman–Crippen MR) is 79.0 cm³/mol. The number of hydrogen-bond acceptors (Lipinski definition) is 4. The SMILES string of the molecule is NC1CCCN(c2ccc(N3CCOCC3)cc2)C1=O. The molecule has 0 spiro atoms. The van der Waals surface area contributed by atoms with Crippen LogP contribution in [0.4, 0.5) is 11.4 Å². The summed E-state index contributed by atoms with van der Waals surface area (Å²) in [6, 6.07) is 7.84. The van der Waals surface area contributed by atoms with Crippen molar-refractivity contribution in [2.75, 3.05) is 42.6 Å². The van der Waals surface area contributed by atoms with Gasteiger partial charge in [-0.25, -0.2) is 0 Å². The molecule has 2 heterocycles. The third-order valence-corrected chi connectivity index (χ3v) is 4.02. The van der Waals surface area contributed by atoms with E-state index in [1.54, 1.807) is 4.90 Å². The van der Waals surface area contributed by atoms with Gasteiger partial charge in [0.15, 0.2) is 0 Å². The summed E-state index contributed by atoms with van der Waals surface area (Å²) in [5.41, 5.74) is 7.97. The molecule has 0 aliphatic carbocycles. The lowest BCUT2D eigenvalue weighted by molar-refractivity contribution is -0.120. The van der Waals surface area contributed by atoms with Crippen LogP contribution in [-0.2, 0) is 9.53 Å². The number of piperidine rings is 1. The highest BCUT2D eigenvalue weighted by molar-refractivity contribution is 5.97. The Balaban J connectivity index is 1.73. The van der Waals surface area contributed by atoms with E-state index < -0.39 is 0 Å². The van der Waals surface area contributed by atoms with Crippen molar-refractivity contribution in [2.24, 2.45) is 5.73 Å². The zero-order valence-corrected chi connectivity index (χ0v) is 11.6. The molecule has 20 heavy (non-hydrogen) atoms. The molecule has 5 heteroatoms. The molecular weight excluding hydrogens is 254 g/mol. The maximum atomic E-state index is 12.1. The van der Waals surface area contributed by atoms with Gasteiger partial charge in [-0.05, 0) is 37.1 Å². The van der Waals surface area contributed by atoms with E-state index in [9.17, 15) is 4.79 Å². The summed E-state index contributed by atoms with van der Waals surface area (Å²) in [7, 11) is 0. The van der Waals surface area contributed by atoms with E-state index in [2.05, 4.69) is 17.0 Å². The fraction of sp³-hybridized carbons (Fsp3) is 0.533. The summed E-state index contributed by atoms with van der Waals surface area (Å²) in [6.07, 6.45) is 1.76. The fourth-order valence-corrected chi connectivity index (χ4v) is 2.82. The molecule has 0 bridgehead atoms. The molecule has 1 aromatic rings. The summed E-state index contributed by atoms with van der Waals surface area (Å²) in [5.74, 6) is 0.0374. The highest BCUT2D eigenvalue weighted by atomic mass is 16.5. The number of benzene rings is 1. The van der Waals surface area contributed by atoms with Gasteiger partial charge in [0.05, 0.1) is 19.3 Å². The van der Waals surface area contributed by atoms with Crippen molar-refractivity contribution in [1.29, 1.82) is 0 Å². The molecule has 5 nitrogen and oxygen atoms in total. The summed E-state index contributed by atoms with van der Waals surface area (Å²) in [4.78, 5) is 16.2. The normalized spacial score (nSPS) is 24.1. The Hall–Kier alpha value is -1.59. The molecule has 2 N–H and O–H groups in total. The van der Waals surface area contributed by atoms with Crippen LogP contribution in [0.5, 0.6) is 0 Å². The number of amides is 1. The van der Waals surface area contributed by atoms with Gasteiger partial charge in [-0.2, -0.15) is 0 Å². The molecule has 1 amide bonds. The van der Waals surface area contributed by atoms with E-state index in [0.29, 0.717) is 0 Å². The molecule has 108 valence electrons. The fourth-order valence-electron chi connectivity index (χ4n) is 2.82. The van der Waals surface area contributed by atoms with Crippen LogP contribution in [0.25, 0.3) is 0 Å². The first-order valence-corrected chi connectivity index (χ1v) is 7.25. The number of ether oxygens (including phenoxy) is 1. The van der Waals surface area contributed by atoms with Gasteiger partial charge in [0.1, 0.15) is 0 Å². The van der Waals surface area contributed by atoms with Crippen molar-refractivity contribution in [3.05, 3.63) is 24.3 Å². The number of hydrogen-bond donors (Lipinski definition) is 1. The molecule has 1 unspecified atom stereocenters. The van der Waals surface area contributed by atoms with Crippen LogP contribution in [0.15, 0.2) is 24.3 Å². The second-order valence-electron chi connectivity index (χ2n) is 5.35. The van der Waals surface area contributed by atoms with Gasteiger partial charge in [0.25, 0.3) is 0 Å². The van der Waals surface area contributed by atoms with Gasteiger partial charge in [-0.1, -0.05) is 0 Å². The number of anilines is 2. The topological polar surface area (TPSA) is 58.8 Å². The molecule has 2 aliphatic rings. The number of nitrogens with two attached hydrogens (primary N) is 1. The molecule has 2 fully saturated rings. The number of carbonyl (C=O) groups is 1. The van der Waals surface area contributed by atoms with Gasteiger partial charge in [0, 0.05) is 31.0 Å². The molecule has 2 aliphatic heterocycles. The first kappa shape index (κ1) is 13.4. The maximum absolute atomic E-state index is 12.1. The van der Waals surface area contributed by atoms with Gasteiger partial charge in [-0.3, -0.25) is 4.79 Å². The van der Waals surface area contributed by atoms with Gasteiger partial charge in [-0.15, -0.1) is 0 Å². The Morgan fingerprint density at radius 2 is 1.70 bits per heavy atom. The minimum absolute atomic E-state index is 0.0374. The third-order valence-electron chi connectivity index (χ3n) is 4.02. The molecule has 1 atom stereocenters. The number of morpholine rings is 1. The first-order valence-electron chi connectivity index (χ1n) is 7.25. The Kier molecular flexibility index (Phi) is 3.89. The van der Waals surface area contributed by atoms with Gasteiger partial charge >= 0.3 is 0 Å². The summed E-state index contributed by atoms with van der Waals surface area (Å²) < 4.78 is 5.36. The van der Waals surface area contributed by atoms with Crippen molar-refractivity contribution in [3.63, 3.8) is 0 Å². The quantitative estimate of drug-likeness (QED) is 0.874. The predicted octanol–water partition coefficient (Wildman–Crippen LogP) is 0.977. The minimum Gasteiger partial charge on any atom is -0.378 e. The van der Waals surface area contributed by atoms with Crippen molar-refractivity contribution in [1.82, 2.24) is 0 Å². The van der Waals surface area contributed by atoms with E-state index in [-0.39, 0.29) is 11.9 Å². The zero-order valence-electron chi connectivity index (χ0n) is 11.6. The smallest absolute Gasteiger partial charge is 0.243 e. The van der Waals surface area contributed by atoms with E-state index in [4.69, 9.17) is 10.5 Å². The summed E-state index contributed by atoms with van der Waals surface area (Å²) >= 11 is 0. The second kappa shape index (κ2) is 5.81. The molecule has 0 radical (unpaired) electrons. The largest absolute Gasteiger partial charge is 0.378 e. The first-order chi connectivity index (χ1) is 9.75. The molecule has 0 aromatic heterocycles. The van der Waals surface area contributed by atoms with Crippen LogP contribution >= 0.6 is 0 Å². The van der Waals surface area contributed by atoms with Crippen LogP contribution in [0, 0.1) is 0 Å². The minimum atomic E-state index is -0.345. The average molecular weight is 275 g/mol. The maximum Gasteiger partial charge on any atom is 0.243 e. The van der Waals surface area contributed by atoms with Crippen LogP contribution in [0.3, 0.4) is 0 Å². The standard InChI is InChI=1S/C15H21N3O2/c16-14-2-1-7-18(15(14)19)13-5-3-12(4-6-13)17-8-10-20-11-9-17/h3-6,14H,1-2,7-11,16H2. The van der Waals surface area contributed by atoms with E-state index in [1.807, 2.05) is 12.1 Å². The molecule has 3 rings (SSSR count). The van der Waals surface area contributed by atoms with Crippen LogP contribution < -0.4 is 15.5 Å². The van der Waals surface area contributed by atoms with Crippen molar-refractivity contribution >= 4 is 17.3 Å². The lowest BCUT2D eigenvalue weighted by Crippen LogP contribution is -2.48. The highest BCUT2D eigenvalue weighted by Crippen LogP contribution is 2.24. The highest BCUT2D eigenvalue weighted by Gasteiger charge is 2.26. The van der Waals surface area contributed by atoms with Gasteiger partial charge in [0.2, 0.25) is 5.91 Å². The van der Waals surface area contributed by atoms with Crippen molar-refractivity contribution in [3.8, 4) is 0 Å². The Morgan fingerprint density at radius 1 is 1.05 bits per heavy atom. The van der Waals surface area contributed by atoms with Gasteiger partial charge < -0.3 is 20.3 Å². The van der Waals surface area contributed by atoms with E-state index in [0.717, 1.165) is 51.4 Å². The molecule has 0 saturated carbocycles. The van der Waals surface area contributed by atoms with E-state index in [1.165, 1.54) is 5.69 Å². The molecular formula is C15H21N3O2. The van der Waals surface area contributed by atoms with Crippen molar-refractivity contribution in [2.45, 2.75) is 18.9 Å². The number of nitrogens with zero attached hydrogens (tertiary/aromatic N) is 2. The van der Waals surface area contributed by atoms with Crippen LogP contribution in [0.2, 0.25) is 0 Å².